The number of rotatable bonds is 3. The zero-order valence-electron chi connectivity index (χ0n) is 12.0. The lowest BCUT2D eigenvalue weighted by Crippen LogP contribution is -2.11. The van der Waals surface area contributed by atoms with Gasteiger partial charge in [-0.05, 0) is 35.8 Å². The van der Waals surface area contributed by atoms with Crippen LogP contribution in [0.3, 0.4) is 0 Å². The first kappa shape index (κ1) is 12.1. The number of hydrogen-bond acceptors (Lipinski definition) is 1. The molecular formula is C17H24O. The fourth-order valence-electron chi connectivity index (χ4n) is 3.12. The maximum atomic E-state index is 6.09. The molecule has 0 N–H and O–H groups in total. The Bertz CT molecular complexity index is 467. The molecule has 1 heterocycles. The lowest BCUT2D eigenvalue weighted by atomic mass is 9.85. The minimum absolute atomic E-state index is 0.328. The summed E-state index contributed by atoms with van der Waals surface area (Å²) in [5.41, 5.74) is 4.78. The second kappa shape index (κ2) is 4.01. The summed E-state index contributed by atoms with van der Waals surface area (Å²) in [6.07, 6.45) is 5.30. The van der Waals surface area contributed by atoms with Gasteiger partial charge in [0, 0.05) is 11.5 Å². The van der Waals surface area contributed by atoms with Crippen molar-refractivity contribution in [1.29, 1.82) is 0 Å². The van der Waals surface area contributed by atoms with Crippen LogP contribution in [0.15, 0.2) is 12.1 Å². The summed E-state index contributed by atoms with van der Waals surface area (Å²) in [5.74, 6) is 1.95. The fraction of sp³-hybridized carbons (Fsp3) is 0.647. The van der Waals surface area contributed by atoms with Crippen LogP contribution in [-0.2, 0) is 12.8 Å². The average molecular weight is 244 g/mol. The van der Waals surface area contributed by atoms with Gasteiger partial charge in [0.25, 0.3) is 0 Å². The first-order chi connectivity index (χ1) is 8.48. The van der Waals surface area contributed by atoms with Crippen LogP contribution in [0.2, 0.25) is 0 Å². The molecule has 1 aliphatic carbocycles. The van der Waals surface area contributed by atoms with E-state index in [1.54, 1.807) is 0 Å². The van der Waals surface area contributed by atoms with E-state index in [2.05, 4.69) is 39.8 Å². The third-order valence-electron chi connectivity index (χ3n) is 3.91. The zero-order chi connectivity index (χ0) is 12.9. The molecule has 1 aromatic carbocycles. The van der Waals surface area contributed by atoms with E-state index in [1.165, 1.54) is 41.7 Å². The lowest BCUT2D eigenvalue weighted by Gasteiger charge is -2.21. The topological polar surface area (TPSA) is 9.23 Å². The predicted molar refractivity (Wildman–Crippen MR) is 75.4 cm³/mol. The van der Waals surface area contributed by atoms with Gasteiger partial charge in [0.1, 0.15) is 11.9 Å². The normalized spacial score (nSPS) is 24.4. The summed E-state index contributed by atoms with van der Waals surface area (Å²) in [6.45, 7) is 9.18. The molecule has 1 aliphatic heterocycles. The molecule has 18 heavy (non-hydrogen) atoms. The van der Waals surface area contributed by atoms with Gasteiger partial charge in [-0.25, -0.2) is 0 Å². The maximum absolute atomic E-state index is 6.09. The number of hydrogen-bond donors (Lipinski definition) is 0. The largest absolute Gasteiger partial charge is 0.489 e. The zero-order valence-corrected chi connectivity index (χ0v) is 12.0. The Morgan fingerprint density at radius 1 is 1.28 bits per heavy atom. The molecule has 1 saturated carbocycles. The molecule has 1 nitrogen and oxygen atoms in total. The van der Waals surface area contributed by atoms with Gasteiger partial charge in [0.2, 0.25) is 0 Å². The molecule has 3 rings (SSSR count). The Hall–Kier alpha value is -0.980. The minimum atomic E-state index is 0.328. The first-order valence-electron chi connectivity index (χ1n) is 7.30. The summed E-state index contributed by atoms with van der Waals surface area (Å²) in [6, 6.07) is 4.79. The van der Waals surface area contributed by atoms with Crippen molar-refractivity contribution >= 4 is 0 Å². The first-order valence-corrected chi connectivity index (χ1v) is 7.30. The molecule has 98 valence electrons. The van der Waals surface area contributed by atoms with Crippen LogP contribution in [-0.4, -0.2) is 6.10 Å². The number of aryl methyl sites for hydroxylation is 1. The van der Waals surface area contributed by atoms with Crippen molar-refractivity contribution in [1.82, 2.24) is 0 Å². The summed E-state index contributed by atoms with van der Waals surface area (Å²) < 4.78 is 6.09. The Morgan fingerprint density at radius 3 is 2.72 bits per heavy atom. The van der Waals surface area contributed by atoms with Crippen LogP contribution < -0.4 is 4.74 Å². The average Bonchev–Trinajstić information content (AvgIpc) is 2.92. The van der Waals surface area contributed by atoms with Crippen molar-refractivity contribution in [2.75, 3.05) is 0 Å². The molecule has 2 unspecified atom stereocenters. The third-order valence-corrected chi connectivity index (χ3v) is 3.91. The van der Waals surface area contributed by atoms with Crippen molar-refractivity contribution < 1.29 is 4.74 Å². The van der Waals surface area contributed by atoms with Gasteiger partial charge in [-0.15, -0.1) is 0 Å². The number of benzene rings is 1. The second-order valence-electron chi connectivity index (χ2n) is 7.16. The molecule has 0 bridgehead atoms. The van der Waals surface area contributed by atoms with Crippen molar-refractivity contribution in [2.24, 2.45) is 5.41 Å². The van der Waals surface area contributed by atoms with Crippen LogP contribution >= 0.6 is 0 Å². The molecule has 2 atom stereocenters. The van der Waals surface area contributed by atoms with E-state index in [-0.39, 0.29) is 0 Å². The van der Waals surface area contributed by atoms with Crippen molar-refractivity contribution in [2.45, 2.75) is 65.4 Å². The van der Waals surface area contributed by atoms with E-state index in [4.69, 9.17) is 4.74 Å². The minimum Gasteiger partial charge on any atom is -0.489 e. The van der Waals surface area contributed by atoms with E-state index >= 15 is 0 Å². The molecule has 1 heteroatoms. The highest BCUT2D eigenvalue weighted by Crippen LogP contribution is 2.55. The Morgan fingerprint density at radius 2 is 2.06 bits per heavy atom. The monoisotopic (exact) mass is 244 g/mol. The van der Waals surface area contributed by atoms with Crippen LogP contribution in [0.4, 0.5) is 0 Å². The molecule has 0 radical (unpaired) electrons. The molecule has 0 saturated heterocycles. The van der Waals surface area contributed by atoms with Crippen LogP contribution in [0.25, 0.3) is 0 Å². The van der Waals surface area contributed by atoms with Crippen molar-refractivity contribution in [3.63, 3.8) is 0 Å². The van der Waals surface area contributed by atoms with Gasteiger partial charge < -0.3 is 4.74 Å². The number of ether oxygens (including phenoxy) is 1. The summed E-state index contributed by atoms with van der Waals surface area (Å²) in [7, 11) is 0. The summed E-state index contributed by atoms with van der Waals surface area (Å²) >= 11 is 0. The smallest absolute Gasteiger partial charge is 0.126 e. The van der Waals surface area contributed by atoms with Gasteiger partial charge in [0.15, 0.2) is 0 Å². The highest BCUT2D eigenvalue weighted by molar-refractivity contribution is 5.53. The van der Waals surface area contributed by atoms with Crippen molar-refractivity contribution in [3.05, 3.63) is 28.8 Å². The van der Waals surface area contributed by atoms with Crippen LogP contribution in [0.5, 0.6) is 5.75 Å². The van der Waals surface area contributed by atoms with Gasteiger partial charge in [-0.1, -0.05) is 46.2 Å². The molecular weight excluding hydrogens is 220 g/mol. The summed E-state index contributed by atoms with van der Waals surface area (Å²) in [5, 5.41) is 0. The highest BCUT2D eigenvalue weighted by Gasteiger charge is 2.48. The molecule has 0 amide bonds. The second-order valence-corrected chi connectivity index (χ2v) is 7.16. The van der Waals surface area contributed by atoms with Crippen molar-refractivity contribution in [3.8, 4) is 5.75 Å². The van der Waals surface area contributed by atoms with E-state index in [0.717, 1.165) is 12.3 Å². The highest BCUT2D eigenvalue weighted by atomic mass is 16.5. The van der Waals surface area contributed by atoms with E-state index in [1.807, 2.05) is 0 Å². The van der Waals surface area contributed by atoms with E-state index in [0.29, 0.717) is 11.5 Å². The van der Waals surface area contributed by atoms with Gasteiger partial charge >= 0.3 is 0 Å². The lowest BCUT2D eigenvalue weighted by molar-refractivity contribution is 0.309. The Kier molecular flexibility index (Phi) is 2.69. The van der Waals surface area contributed by atoms with Gasteiger partial charge in [-0.2, -0.15) is 0 Å². The molecule has 1 aromatic rings. The molecule has 1 fully saturated rings. The van der Waals surface area contributed by atoms with E-state index < -0.39 is 0 Å². The predicted octanol–water partition coefficient (Wildman–Crippen LogP) is 4.48. The van der Waals surface area contributed by atoms with Gasteiger partial charge in [-0.3, -0.25) is 0 Å². The number of fused-ring (bicyclic) bond motifs is 3. The van der Waals surface area contributed by atoms with Crippen LogP contribution in [0.1, 0.15) is 63.1 Å². The molecule has 2 aliphatic rings. The Balaban J connectivity index is 1.98. The standard InChI is InChI=1S/C17H24O/c1-5-6-11-7-12(10-17(2,3)4)16-14(8-11)13-9-15(13)18-16/h7-8,13,15H,5-6,9-10H2,1-4H3. The third kappa shape index (κ3) is 2.15. The summed E-state index contributed by atoms with van der Waals surface area (Å²) in [4.78, 5) is 0. The van der Waals surface area contributed by atoms with E-state index in [9.17, 15) is 0 Å². The fourth-order valence-corrected chi connectivity index (χ4v) is 3.12. The quantitative estimate of drug-likeness (QED) is 0.762. The van der Waals surface area contributed by atoms with Gasteiger partial charge in [0.05, 0.1) is 0 Å². The molecule has 0 aromatic heterocycles. The molecule has 0 spiro atoms. The SMILES string of the molecule is CCCc1cc(CC(C)(C)C)c2c(c1)C1CC1O2. The Labute approximate surface area is 111 Å². The van der Waals surface area contributed by atoms with Crippen LogP contribution in [0, 0.1) is 5.41 Å². The maximum Gasteiger partial charge on any atom is 0.126 e.